The van der Waals surface area contributed by atoms with Crippen molar-refractivity contribution in [2.24, 2.45) is 0 Å². The highest BCUT2D eigenvalue weighted by Gasteiger charge is 2.18. The maximum Gasteiger partial charge on any atom is 0.303 e. The van der Waals surface area contributed by atoms with Gasteiger partial charge in [-0.3, -0.25) is 4.79 Å². The minimum Gasteiger partial charge on any atom is -0.481 e. The summed E-state index contributed by atoms with van der Waals surface area (Å²) in [5.41, 5.74) is 5.77. The van der Waals surface area contributed by atoms with Crippen LogP contribution in [0.4, 0.5) is 11.4 Å². The number of aliphatic carboxylic acids is 1. The molecule has 32 heavy (non-hydrogen) atoms. The smallest absolute Gasteiger partial charge is 0.303 e. The van der Waals surface area contributed by atoms with Crippen molar-refractivity contribution in [2.75, 3.05) is 5.32 Å². The molecule has 0 fully saturated rings. The highest BCUT2D eigenvalue weighted by Crippen LogP contribution is 2.37. The normalized spacial score (nSPS) is 11.8. The number of rotatable bonds is 8. The van der Waals surface area contributed by atoms with Crippen LogP contribution in [0.25, 0.3) is 21.8 Å². The fourth-order valence-corrected chi connectivity index (χ4v) is 4.64. The van der Waals surface area contributed by atoms with Gasteiger partial charge in [0.15, 0.2) is 0 Å². The second kappa shape index (κ2) is 9.98. The molecule has 0 radical (unpaired) electrons. The van der Waals surface area contributed by atoms with E-state index >= 15 is 0 Å². The summed E-state index contributed by atoms with van der Waals surface area (Å²) in [5.74, 6) is -0.843. The van der Waals surface area contributed by atoms with E-state index in [2.05, 4.69) is 10.7 Å². The van der Waals surface area contributed by atoms with Crippen molar-refractivity contribution in [2.45, 2.75) is 25.7 Å². The molecule has 0 spiro atoms. The molecule has 3 aromatic carbocycles. The second-order valence-electron chi connectivity index (χ2n) is 7.54. The number of thiazole rings is 1. The Morgan fingerprint density at radius 1 is 1.09 bits per heavy atom. The van der Waals surface area contributed by atoms with Crippen LogP contribution in [0.15, 0.2) is 78.2 Å². The van der Waals surface area contributed by atoms with Crippen molar-refractivity contribution in [1.29, 1.82) is 0 Å². The lowest BCUT2D eigenvalue weighted by Crippen LogP contribution is -2.06. The minimum absolute atomic E-state index is 0.0523. The highest BCUT2D eigenvalue weighted by atomic mass is 35.5. The number of benzene rings is 3. The number of aromatic nitrogens is 1. The Hall–Kier alpha value is -3.15. The predicted molar refractivity (Wildman–Crippen MR) is 133 cm³/mol. The lowest BCUT2D eigenvalue weighted by molar-refractivity contribution is -0.137. The first-order valence-corrected chi connectivity index (χ1v) is 11.7. The van der Waals surface area contributed by atoms with Crippen molar-refractivity contribution in [3.63, 3.8) is 0 Å². The van der Waals surface area contributed by atoms with Crippen LogP contribution in [0.1, 0.15) is 31.2 Å². The van der Waals surface area contributed by atoms with Crippen molar-refractivity contribution in [3.8, 4) is 21.8 Å². The first kappa shape index (κ1) is 22.1. The monoisotopic (exact) mass is 462 g/mol. The largest absolute Gasteiger partial charge is 0.481 e. The van der Waals surface area contributed by atoms with Gasteiger partial charge in [0.25, 0.3) is 0 Å². The van der Waals surface area contributed by atoms with Crippen molar-refractivity contribution in [1.82, 2.24) is 4.98 Å². The number of anilines is 2. The van der Waals surface area contributed by atoms with Crippen molar-refractivity contribution < 1.29 is 9.90 Å². The Kier molecular flexibility index (Phi) is 6.88. The first-order valence-electron chi connectivity index (χ1n) is 10.4. The number of carboxylic acid groups (broad SMARTS) is 1. The molecule has 0 aliphatic carbocycles. The van der Waals surface area contributed by atoms with E-state index in [1.807, 2.05) is 79.7 Å². The lowest BCUT2D eigenvalue weighted by atomic mass is 9.92. The summed E-state index contributed by atoms with van der Waals surface area (Å²) in [5, 5.41) is 16.4. The molecule has 0 saturated carbocycles. The molecule has 1 aromatic heterocycles. The van der Waals surface area contributed by atoms with E-state index in [4.69, 9.17) is 16.6 Å². The number of hydrogen-bond acceptors (Lipinski definition) is 4. The highest BCUT2D eigenvalue weighted by molar-refractivity contribution is 7.13. The Morgan fingerprint density at radius 2 is 1.84 bits per heavy atom. The number of halogens is 1. The zero-order chi connectivity index (χ0) is 22.5. The Bertz CT molecular complexity index is 1210. The van der Waals surface area contributed by atoms with Gasteiger partial charge < -0.3 is 10.4 Å². The van der Waals surface area contributed by atoms with Crippen LogP contribution in [0.2, 0.25) is 5.02 Å². The molecule has 162 valence electrons. The Morgan fingerprint density at radius 3 is 2.53 bits per heavy atom. The molecule has 0 bridgehead atoms. The van der Waals surface area contributed by atoms with Crippen molar-refractivity contribution in [3.05, 3.63) is 88.8 Å². The zero-order valence-corrected chi connectivity index (χ0v) is 19.2. The fraction of sp³-hybridized carbons (Fsp3) is 0.154. The standard InChI is InChI=1S/C26H23ClN2O2S/c1-2-17(15-25(30)31)19-8-13-22(23(14-19)28-21-11-9-20(27)10-12-21)26-29-24(16-32-26)18-6-4-3-5-7-18/h3-14,16-17,28H,2,15H2,1H3,(H,30,31)/t17-/m1/s1. The SMILES string of the molecule is CC[C@H](CC(=O)O)c1ccc(-c2nc(-c3ccccc3)cs2)c(Nc2ccc(Cl)cc2)c1. The number of hydrogen-bond donors (Lipinski definition) is 2. The van der Waals surface area contributed by atoms with Gasteiger partial charge in [0.2, 0.25) is 0 Å². The van der Waals surface area contributed by atoms with Gasteiger partial charge in [-0.05, 0) is 54.3 Å². The minimum atomic E-state index is -0.791. The van der Waals surface area contributed by atoms with E-state index in [0.29, 0.717) is 5.02 Å². The van der Waals surface area contributed by atoms with E-state index < -0.39 is 5.97 Å². The molecule has 1 heterocycles. The molecule has 2 N–H and O–H groups in total. The third-order valence-corrected chi connectivity index (χ3v) is 6.48. The fourth-order valence-electron chi connectivity index (χ4n) is 3.64. The number of nitrogens with one attached hydrogen (secondary N) is 1. The van der Waals surface area contributed by atoms with E-state index in [0.717, 1.165) is 45.2 Å². The quantitative estimate of drug-likeness (QED) is 0.280. The van der Waals surface area contributed by atoms with Gasteiger partial charge in [0.1, 0.15) is 5.01 Å². The van der Waals surface area contributed by atoms with Gasteiger partial charge in [-0.2, -0.15) is 0 Å². The molecule has 0 unspecified atom stereocenters. The maximum absolute atomic E-state index is 11.3. The topological polar surface area (TPSA) is 62.2 Å². The van der Waals surface area contributed by atoms with Gasteiger partial charge in [-0.15, -0.1) is 11.3 Å². The Labute approximate surface area is 196 Å². The van der Waals surface area contributed by atoms with Crippen molar-refractivity contribution >= 4 is 40.3 Å². The van der Waals surface area contributed by atoms with E-state index in [-0.39, 0.29) is 12.3 Å². The summed E-state index contributed by atoms with van der Waals surface area (Å²) in [6, 6.07) is 23.7. The van der Waals surface area contributed by atoms with Crippen LogP contribution in [0.3, 0.4) is 0 Å². The van der Waals surface area contributed by atoms with Crippen LogP contribution >= 0.6 is 22.9 Å². The Balaban J connectivity index is 1.74. The van der Waals surface area contributed by atoms with Gasteiger partial charge in [0.05, 0.1) is 12.1 Å². The molecule has 6 heteroatoms. The molecular weight excluding hydrogens is 440 g/mol. The predicted octanol–water partition coefficient (Wildman–Crippen LogP) is 7.84. The average Bonchev–Trinajstić information content (AvgIpc) is 3.29. The zero-order valence-electron chi connectivity index (χ0n) is 17.6. The van der Waals surface area contributed by atoms with Gasteiger partial charge >= 0.3 is 5.97 Å². The van der Waals surface area contributed by atoms with E-state index in [9.17, 15) is 9.90 Å². The van der Waals surface area contributed by atoms with Crippen LogP contribution in [-0.4, -0.2) is 16.1 Å². The molecule has 1 atom stereocenters. The van der Waals surface area contributed by atoms with Gasteiger partial charge in [-0.25, -0.2) is 4.98 Å². The molecule has 0 aliphatic heterocycles. The number of carboxylic acids is 1. The van der Waals surface area contributed by atoms with Gasteiger partial charge in [-0.1, -0.05) is 54.9 Å². The average molecular weight is 463 g/mol. The van der Waals surface area contributed by atoms with Gasteiger partial charge in [0, 0.05) is 32.9 Å². The third-order valence-electron chi connectivity index (χ3n) is 5.36. The van der Waals surface area contributed by atoms with Crippen LogP contribution < -0.4 is 5.32 Å². The maximum atomic E-state index is 11.3. The third kappa shape index (κ3) is 5.18. The summed E-state index contributed by atoms with van der Waals surface area (Å²) in [4.78, 5) is 16.2. The second-order valence-corrected chi connectivity index (χ2v) is 8.84. The molecule has 0 aliphatic rings. The molecular formula is C26H23ClN2O2S. The summed E-state index contributed by atoms with van der Waals surface area (Å²) in [6.45, 7) is 2.01. The van der Waals surface area contributed by atoms with E-state index in [1.165, 1.54) is 0 Å². The summed E-state index contributed by atoms with van der Waals surface area (Å²) in [7, 11) is 0. The first-order chi connectivity index (χ1) is 15.5. The molecule has 4 nitrogen and oxygen atoms in total. The summed E-state index contributed by atoms with van der Waals surface area (Å²) < 4.78 is 0. The van der Waals surface area contributed by atoms with Crippen LogP contribution in [0.5, 0.6) is 0 Å². The molecule has 0 amide bonds. The molecule has 4 rings (SSSR count). The summed E-state index contributed by atoms with van der Waals surface area (Å²) >= 11 is 7.63. The molecule has 4 aromatic rings. The summed E-state index contributed by atoms with van der Waals surface area (Å²) in [6.07, 6.45) is 0.854. The number of nitrogens with zero attached hydrogens (tertiary/aromatic N) is 1. The number of carbonyl (C=O) groups is 1. The van der Waals surface area contributed by atoms with Crippen LogP contribution in [0, 0.1) is 0 Å². The van der Waals surface area contributed by atoms with E-state index in [1.54, 1.807) is 11.3 Å². The van der Waals surface area contributed by atoms with Crippen LogP contribution in [-0.2, 0) is 4.79 Å². The lowest BCUT2D eigenvalue weighted by Gasteiger charge is -2.17. The molecule has 0 saturated heterocycles.